The van der Waals surface area contributed by atoms with Crippen molar-refractivity contribution in [1.82, 2.24) is 0 Å². The standard InChI is InChI=1S/C10H12Br2O2S/c11-8(1-2-9(12)10(13)14)5-7-3-4-15-6-7/h3-4,6,8-9H,1-2,5H2,(H,13,14). The summed E-state index contributed by atoms with van der Waals surface area (Å²) < 4.78 is 0. The van der Waals surface area contributed by atoms with Crippen LogP contribution in [0.3, 0.4) is 0 Å². The van der Waals surface area contributed by atoms with Crippen LogP contribution >= 0.6 is 43.2 Å². The van der Waals surface area contributed by atoms with Gasteiger partial charge in [0.25, 0.3) is 0 Å². The zero-order valence-electron chi connectivity index (χ0n) is 8.03. The summed E-state index contributed by atoms with van der Waals surface area (Å²) in [6.07, 6.45) is 2.47. The topological polar surface area (TPSA) is 37.3 Å². The van der Waals surface area contributed by atoms with Gasteiger partial charge < -0.3 is 5.11 Å². The van der Waals surface area contributed by atoms with Crippen molar-refractivity contribution in [1.29, 1.82) is 0 Å². The predicted octanol–water partition coefficient (Wildman–Crippen LogP) is 3.68. The van der Waals surface area contributed by atoms with E-state index in [0.29, 0.717) is 11.2 Å². The number of carboxylic acids is 1. The molecule has 0 aromatic carbocycles. The molecule has 1 aromatic rings. The van der Waals surface area contributed by atoms with Gasteiger partial charge in [0.15, 0.2) is 0 Å². The number of thiophene rings is 1. The number of hydrogen-bond donors (Lipinski definition) is 1. The van der Waals surface area contributed by atoms with Gasteiger partial charge in [-0.2, -0.15) is 11.3 Å². The second kappa shape index (κ2) is 6.66. The molecule has 0 radical (unpaired) electrons. The van der Waals surface area contributed by atoms with Crippen molar-refractivity contribution in [3.63, 3.8) is 0 Å². The Kier molecular flexibility index (Phi) is 5.86. The molecular formula is C10H12Br2O2S. The van der Waals surface area contributed by atoms with Gasteiger partial charge in [-0.3, -0.25) is 4.79 Å². The highest BCUT2D eigenvalue weighted by Gasteiger charge is 2.15. The first-order valence-corrected chi connectivity index (χ1v) is 7.39. The summed E-state index contributed by atoms with van der Waals surface area (Å²) in [5.41, 5.74) is 1.31. The summed E-state index contributed by atoms with van der Waals surface area (Å²) in [4.78, 5) is 10.5. The van der Waals surface area contributed by atoms with E-state index in [9.17, 15) is 4.79 Å². The molecule has 84 valence electrons. The number of aliphatic carboxylic acids is 1. The van der Waals surface area contributed by atoms with Crippen molar-refractivity contribution in [3.8, 4) is 0 Å². The Bertz CT molecular complexity index is 300. The van der Waals surface area contributed by atoms with E-state index < -0.39 is 10.8 Å². The van der Waals surface area contributed by atoms with E-state index in [1.165, 1.54) is 5.56 Å². The van der Waals surface area contributed by atoms with Crippen LogP contribution in [0.15, 0.2) is 16.8 Å². The summed E-state index contributed by atoms with van der Waals surface area (Å²) in [7, 11) is 0. The van der Waals surface area contributed by atoms with Gasteiger partial charge in [-0.05, 0) is 41.7 Å². The van der Waals surface area contributed by atoms with Gasteiger partial charge >= 0.3 is 5.97 Å². The molecule has 0 fully saturated rings. The maximum atomic E-state index is 10.6. The minimum Gasteiger partial charge on any atom is -0.480 e. The number of carboxylic acid groups (broad SMARTS) is 1. The first-order valence-electron chi connectivity index (χ1n) is 4.61. The molecule has 0 saturated carbocycles. The highest BCUT2D eigenvalue weighted by Crippen LogP contribution is 2.19. The summed E-state index contributed by atoms with van der Waals surface area (Å²) in [5, 5.41) is 12.9. The molecule has 5 heteroatoms. The molecule has 1 heterocycles. The van der Waals surface area contributed by atoms with Crippen LogP contribution in [0.25, 0.3) is 0 Å². The van der Waals surface area contributed by atoms with Crippen LogP contribution in [-0.4, -0.2) is 20.7 Å². The van der Waals surface area contributed by atoms with Gasteiger partial charge in [0.05, 0.1) is 0 Å². The second-order valence-corrected chi connectivity index (χ2v) is 6.50. The number of rotatable bonds is 6. The highest BCUT2D eigenvalue weighted by molar-refractivity contribution is 9.10. The number of hydrogen-bond acceptors (Lipinski definition) is 2. The normalized spacial score (nSPS) is 14.8. The maximum absolute atomic E-state index is 10.6. The van der Waals surface area contributed by atoms with Crippen molar-refractivity contribution in [3.05, 3.63) is 22.4 Å². The third-order valence-corrected chi connectivity index (χ3v) is 4.40. The van der Waals surface area contributed by atoms with Crippen molar-refractivity contribution in [2.24, 2.45) is 0 Å². The number of carbonyl (C=O) groups is 1. The van der Waals surface area contributed by atoms with Gasteiger partial charge in [0, 0.05) is 4.83 Å². The predicted molar refractivity (Wildman–Crippen MR) is 70.3 cm³/mol. The van der Waals surface area contributed by atoms with Crippen LogP contribution in [0.1, 0.15) is 18.4 Å². The van der Waals surface area contributed by atoms with Gasteiger partial charge in [-0.1, -0.05) is 31.9 Å². The fourth-order valence-electron chi connectivity index (χ4n) is 1.22. The molecule has 1 aromatic heterocycles. The third kappa shape index (κ3) is 5.13. The number of alkyl halides is 2. The molecule has 15 heavy (non-hydrogen) atoms. The molecule has 0 amide bonds. The maximum Gasteiger partial charge on any atom is 0.317 e. The van der Waals surface area contributed by atoms with Gasteiger partial charge in [0.1, 0.15) is 4.83 Å². The summed E-state index contributed by atoms with van der Waals surface area (Å²) in [6.45, 7) is 0. The van der Waals surface area contributed by atoms with E-state index in [2.05, 4.69) is 48.7 Å². The molecule has 0 spiro atoms. The quantitative estimate of drug-likeness (QED) is 0.790. The minimum atomic E-state index is -0.787. The van der Waals surface area contributed by atoms with Crippen molar-refractivity contribution in [2.45, 2.75) is 28.9 Å². The average molecular weight is 356 g/mol. The van der Waals surface area contributed by atoms with Gasteiger partial charge in [-0.25, -0.2) is 0 Å². The van der Waals surface area contributed by atoms with E-state index in [0.717, 1.165) is 12.8 Å². The fraction of sp³-hybridized carbons (Fsp3) is 0.500. The number of halogens is 2. The zero-order valence-corrected chi connectivity index (χ0v) is 12.0. The van der Waals surface area contributed by atoms with E-state index in [-0.39, 0.29) is 0 Å². The van der Waals surface area contributed by atoms with Crippen molar-refractivity contribution < 1.29 is 9.90 Å². The zero-order chi connectivity index (χ0) is 11.3. The molecule has 0 aliphatic rings. The Balaban J connectivity index is 2.25. The van der Waals surface area contributed by atoms with E-state index in [4.69, 9.17) is 5.11 Å². The van der Waals surface area contributed by atoms with Crippen LogP contribution in [-0.2, 0) is 11.2 Å². The van der Waals surface area contributed by atoms with E-state index in [1.807, 2.05) is 0 Å². The Hall–Kier alpha value is 0.130. The Morgan fingerprint density at radius 2 is 2.20 bits per heavy atom. The van der Waals surface area contributed by atoms with Gasteiger partial charge in [-0.15, -0.1) is 0 Å². The molecule has 0 aliphatic carbocycles. The van der Waals surface area contributed by atoms with Crippen LogP contribution in [0.5, 0.6) is 0 Å². The molecule has 2 unspecified atom stereocenters. The second-order valence-electron chi connectivity index (χ2n) is 3.32. The molecule has 0 aliphatic heterocycles. The molecule has 2 nitrogen and oxygen atoms in total. The van der Waals surface area contributed by atoms with Crippen molar-refractivity contribution >= 4 is 49.2 Å². The molecule has 0 bridgehead atoms. The molecular weight excluding hydrogens is 344 g/mol. The summed E-state index contributed by atoms with van der Waals surface area (Å²) in [5.74, 6) is -0.787. The summed E-state index contributed by atoms with van der Waals surface area (Å²) >= 11 is 8.38. The molecule has 1 rings (SSSR count). The molecule has 1 N–H and O–H groups in total. The lowest BCUT2D eigenvalue weighted by atomic mass is 10.1. The first kappa shape index (κ1) is 13.2. The SMILES string of the molecule is O=C(O)C(Br)CCC(Br)Cc1ccsc1. The largest absolute Gasteiger partial charge is 0.480 e. The lowest BCUT2D eigenvalue weighted by Gasteiger charge is -2.09. The fourth-order valence-corrected chi connectivity index (χ4v) is 2.80. The monoisotopic (exact) mass is 354 g/mol. The van der Waals surface area contributed by atoms with Crippen LogP contribution < -0.4 is 0 Å². The average Bonchev–Trinajstić information content (AvgIpc) is 2.66. The van der Waals surface area contributed by atoms with Crippen LogP contribution in [0.2, 0.25) is 0 Å². The van der Waals surface area contributed by atoms with Gasteiger partial charge in [0.2, 0.25) is 0 Å². The van der Waals surface area contributed by atoms with Crippen LogP contribution in [0.4, 0.5) is 0 Å². The van der Waals surface area contributed by atoms with E-state index >= 15 is 0 Å². The molecule has 2 atom stereocenters. The Labute approximate surface area is 110 Å². The van der Waals surface area contributed by atoms with Crippen LogP contribution in [0, 0.1) is 0 Å². The smallest absolute Gasteiger partial charge is 0.317 e. The highest BCUT2D eigenvalue weighted by atomic mass is 79.9. The lowest BCUT2D eigenvalue weighted by Crippen LogP contribution is -2.15. The van der Waals surface area contributed by atoms with Crippen molar-refractivity contribution in [2.75, 3.05) is 0 Å². The minimum absolute atomic E-state index is 0.353. The lowest BCUT2D eigenvalue weighted by molar-refractivity contribution is -0.136. The Morgan fingerprint density at radius 3 is 2.73 bits per heavy atom. The Morgan fingerprint density at radius 1 is 1.47 bits per heavy atom. The van der Waals surface area contributed by atoms with E-state index in [1.54, 1.807) is 11.3 Å². The first-order chi connectivity index (χ1) is 7.09. The summed E-state index contributed by atoms with van der Waals surface area (Å²) in [6, 6.07) is 2.10. The molecule has 0 saturated heterocycles. The third-order valence-electron chi connectivity index (χ3n) is 2.04.